The van der Waals surface area contributed by atoms with Crippen LogP contribution in [0.3, 0.4) is 0 Å². The van der Waals surface area contributed by atoms with Crippen LogP contribution in [0.4, 0.5) is 4.79 Å². The highest BCUT2D eigenvalue weighted by atomic mass is 32.1. The molecule has 0 unspecified atom stereocenters. The van der Waals surface area contributed by atoms with E-state index in [1.807, 2.05) is 53.9 Å². The van der Waals surface area contributed by atoms with Crippen molar-refractivity contribution in [2.24, 2.45) is 11.5 Å². The number of primary amides is 1. The maximum atomic E-state index is 12.1. The van der Waals surface area contributed by atoms with E-state index in [2.05, 4.69) is 10.6 Å². The molecule has 1 heterocycles. The van der Waals surface area contributed by atoms with Crippen LogP contribution in [0.25, 0.3) is 10.8 Å². The summed E-state index contributed by atoms with van der Waals surface area (Å²) in [5, 5.41) is 8.85. The number of nitrogens with one attached hydrogen (secondary N) is 2. The van der Waals surface area contributed by atoms with Crippen LogP contribution >= 0.6 is 11.3 Å². The molecule has 174 valence electrons. The molecular formula is C24H28N4O4S. The van der Waals surface area contributed by atoms with Crippen LogP contribution in [-0.2, 0) is 22.4 Å². The number of urea groups is 1. The number of nitrogens with two attached hydrogens (primary N) is 2. The van der Waals surface area contributed by atoms with E-state index in [9.17, 15) is 14.4 Å². The van der Waals surface area contributed by atoms with Crippen LogP contribution in [0, 0.1) is 0 Å². The number of carbonyl (C=O) groups is 3. The second kappa shape index (κ2) is 12.0. The number of rotatable bonds is 11. The molecule has 1 aromatic heterocycles. The van der Waals surface area contributed by atoms with E-state index in [0.29, 0.717) is 37.3 Å². The second-order valence-electron chi connectivity index (χ2n) is 7.63. The molecular weight excluding hydrogens is 440 g/mol. The fraction of sp³-hybridized carbons (Fsp3) is 0.292. The highest BCUT2D eigenvalue weighted by Gasteiger charge is 2.14. The largest absolute Gasteiger partial charge is 0.493 e. The third-order valence-corrected chi connectivity index (χ3v) is 5.91. The van der Waals surface area contributed by atoms with Gasteiger partial charge < -0.3 is 21.5 Å². The lowest BCUT2D eigenvalue weighted by Gasteiger charge is -2.14. The predicted octanol–water partition coefficient (Wildman–Crippen LogP) is 2.48. The average molecular weight is 469 g/mol. The topological polar surface area (TPSA) is 137 Å². The molecule has 0 spiro atoms. The number of benzene rings is 2. The van der Waals surface area contributed by atoms with Crippen molar-refractivity contribution in [1.29, 1.82) is 0 Å². The van der Waals surface area contributed by atoms with Crippen molar-refractivity contribution in [3.63, 3.8) is 0 Å². The number of amides is 4. The Balaban J connectivity index is 1.48. The Bertz CT molecular complexity index is 1100. The molecule has 4 amide bonds. The summed E-state index contributed by atoms with van der Waals surface area (Å²) in [6.45, 7) is 0.922. The maximum absolute atomic E-state index is 12.1. The summed E-state index contributed by atoms with van der Waals surface area (Å²) >= 11 is 1.59. The number of carbonyl (C=O) groups excluding carboxylic acids is 3. The van der Waals surface area contributed by atoms with Crippen molar-refractivity contribution in [1.82, 2.24) is 10.6 Å². The van der Waals surface area contributed by atoms with Gasteiger partial charge in [0, 0.05) is 23.4 Å². The highest BCUT2D eigenvalue weighted by Crippen LogP contribution is 2.27. The first-order chi connectivity index (χ1) is 15.9. The number of imide groups is 1. The zero-order chi connectivity index (χ0) is 23.6. The lowest BCUT2D eigenvalue weighted by atomic mass is 10.0. The summed E-state index contributed by atoms with van der Waals surface area (Å²) in [5.41, 5.74) is 11.7. The molecule has 0 saturated heterocycles. The summed E-state index contributed by atoms with van der Waals surface area (Å²) in [6.07, 6.45) is 1.94. The Morgan fingerprint density at radius 2 is 1.79 bits per heavy atom. The van der Waals surface area contributed by atoms with Gasteiger partial charge in [0.05, 0.1) is 19.1 Å². The Kier molecular flexibility index (Phi) is 8.79. The van der Waals surface area contributed by atoms with Crippen LogP contribution in [-0.4, -0.2) is 37.0 Å². The number of unbranched alkanes of at least 4 members (excludes halogenated alkanes) is 1. The van der Waals surface area contributed by atoms with Gasteiger partial charge in [-0.15, -0.1) is 11.3 Å². The van der Waals surface area contributed by atoms with Gasteiger partial charge in [-0.3, -0.25) is 14.9 Å². The Labute approximate surface area is 196 Å². The molecule has 3 aromatic rings. The maximum Gasteiger partial charge on any atom is 0.318 e. The molecule has 8 nitrogen and oxygen atoms in total. The molecule has 1 atom stereocenters. The molecule has 0 aliphatic carbocycles. The van der Waals surface area contributed by atoms with E-state index in [1.54, 1.807) is 11.3 Å². The van der Waals surface area contributed by atoms with Gasteiger partial charge in [0.1, 0.15) is 5.75 Å². The van der Waals surface area contributed by atoms with Gasteiger partial charge in [-0.05, 0) is 47.2 Å². The number of hydrogen-bond acceptors (Lipinski definition) is 6. The fourth-order valence-electron chi connectivity index (χ4n) is 3.38. The zero-order valence-corrected chi connectivity index (χ0v) is 19.0. The first-order valence-corrected chi connectivity index (χ1v) is 11.6. The minimum atomic E-state index is -0.889. The standard InChI is InChI=1S/C24H28N4O4S/c25-20(15-19-8-5-11-33-19)23(30)27-9-3-4-10-32-21-13-17-7-2-1-6-16(17)12-18(21)14-22(29)28-24(26)31/h1-2,5-8,11-13,20H,3-4,9-10,14-15,25H2,(H,27,30)(H3,26,28,29,31)/t20-/m0/s1. The Hall–Kier alpha value is -3.43. The number of fused-ring (bicyclic) bond motifs is 1. The van der Waals surface area contributed by atoms with Crippen molar-refractivity contribution in [2.75, 3.05) is 13.2 Å². The summed E-state index contributed by atoms with van der Waals surface area (Å²) < 4.78 is 5.94. The predicted molar refractivity (Wildman–Crippen MR) is 129 cm³/mol. The van der Waals surface area contributed by atoms with Crippen molar-refractivity contribution in [2.45, 2.75) is 31.7 Å². The van der Waals surface area contributed by atoms with Crippen LogP contribution in [0.15, 0.2) is 53.9 Å². The molecule has 9 heteroatoms. The number of hydrogen-bond donors (Lipinski definition) is 4. The van der Waals surface area contributed by atoms with Gasteiger partial charge in [0.25, 0.3) is 0 Å². The van der Waals surface area contributed by atoms with E-state index in [1.165, 1.54) is 0 Å². The van der Waals surface area contributed by atoms with Gasteiger partial charge in [0.15, 0.2) is 0 Å². The van der Waals surface area contributed by atoms with E-state index in [0.717, 1.165) is 22.1 Å². The third kappa shape index (κ3) is 7.58. The Morgan fingerprint density at radius 1 is 1.03 bits per heavy atom. The second-order valence-corrected chi connectivity index (χ2v) is 8.67. The molecule has 0 aliphatic rings. The number of ether oxygens (including phenoxy) is 1. The van der Waals surface area contributed by atoms with E-state index >= 15 is 0 Å². The SMILES string of the molecule is NC(=O)NC(=O)Cc1cc2ccccc2cc1OCCCCNC(=O)[C@@H](N)Cc1cccs1. The normalized spacial score (nSPS) is 11.7. The third-order valence-electron chi connectivity index (χ3n) is 5.01. The molecule has 0 aliphatic heterocycles. The van der Waals surface area contributed by atoms with Gasteiger partial charge in [-0.2, -0.15) is 0 Å². The lowest BCUT2D eigenvalue weighted by Crippen LogP contribution is -2.42. The van der Waals surface area contributed by atoms with Crippen LogP contribution < -0.4 is 26.8 Å². The molecule has 33 heavy (non-hydrogen) atoms. The van der Waals surface area contributed by atoms with E-state index in [-0.39, 0.29) is 12.3 Å². The van der Waals surface area contributed by atoms with Gasteiger partial charge in [-0.1, -0.05) is 30.3 Å². The molecule has 0 bridgehead atoms. The van der Waals surface area contributed by atoms with E-state index < -0.39 is 18.0 Å². The molecule has 0 saturated carbocycles. The van der Waals surface area contributed by atoms with Gasteiger partial charge >= 0.3 is 6.03 Å². The lowest BCUT2D eigenvalue weighted by molar-refractivity contribution is -0.122. The highest BCUT2D eigenvalue weighted by molar-refractivity contribution is 7.09. The van der Waals surface area contributed by atoms with Crippen molar-refractivity contribution >= 4 is 40.0 Å². The summed E-state index contributed by atoms with van der Waals surface area (Å²) in [7, 11) is 0. The summed E-state index contributed by atoms with van der Waals surface area (Å²) in [5.74, 6) is -0.0823. The fourth-order valence-corrected chi connectivity index (χ4v) is 4.15. The molecule has 3 rings (SSSR count). The minimum Gasteiger partial charge on any atom is -0.493 e. The zero-order valence-electron chi connectivity index (χ0n) is 18.2. The molecule has 0 radical (unpaired) electrons. The summed E-state index contributed by atoms with van der Waals surface area (Å²) in [4.78, 5) is 36.2. The van der Waals surface area contributed by atoms with Gasteiger partial charge in [0.2, 0.25) is 11.8 Å². The quantitative estimate of drug-likeness (QED) is 0.321. The van der Waals surface area contributed by atoms with Crippen LogP contribution in [0.2, 0.25) is 0 Å². The Morgan fingerprint density at radius 3 is 2.48 bits per heavy atom. The van der Waals surface area contributed by atoms with Crippen LogP contribution in [0.5, 0.6) is 5.75 Å². The molecule has 2 aromatic carbocycles. The summed E-state index contributed by atoms with van der Waals surface area (Å²) in [6, 6.07) is 14.0. The van der Waals surface area contributed by atoms with Crippen molar-refractivity contribution in [3.05, 3.63) is 64.4 Å². The molecule has 0 fully saturated rings. The smallest absolute Gasteiger partial charge is 0.318 e. The monoisotopic (exact) mass is 468 g/mol. The minimum absolute atomic E-state index is 0.0265. The first kappa shape index (κ1) is 24.2. The van der Waals surface area contributed by atoms with E-state index in [4.69, 9.17) is 16.2 Å². The van der Waals surface area contributed by atoms with Crippen LogP contribution in [0.1, 0.15) is 23.3 Å². The first-order valence-electron chi connectivity index (χ1n) is 10.7. The van der Waals surface area contributed by atoms with Crippen molar-refractivity contribution in [3.8, 4) is 5.75 Å². The average Bonchev–Trinajstić information content (AvgIpc) is 3.28. The van der Waals surface area contributed by atoms with Crippen molar-refractivity contribution < 1.29 is 19.1 Å². The molecule has 6 N–H and O–H groups in total. The van der Waals surface area contributed by atoms with Gasteiger partial charge in [-0.25, -0.2) is 4.79 Å². The number of thiophene rings is 1.